The second kappa shape index (κ2) is 7.60. The highest BCUT2D eigenvalue weighted by Gasteiger charge is 2.09. The molecule has 0 unspecified atom stereocenters. The van der Waals surface area contributed by atoms with Gasteiger partial charge in [-0.2, -0.15) is 11.8 Å². The quantitative estimate of drug-likeness (QED) is 0.642. The number of thiocarbonyl (C=S) groups is 1. The van der Waals surface area contributed by atoms with Crippen LogP contribution in [-0.2, 0) is 0 Å². The van der Waals surface area contributed by atoms with E-state index in [0.717, 1.165) is 23.7 Å². The number of benzene rings is 1. The summed E-state index contributed by atoms with van der Waals surface area (Å²) < 4.78 is 5.40. The van der Waals surface area contributed by atoms with Gasteiger partial charge in [0.15, 0.2) is 5.11 Å². The van der Waals surface area contributed by atoms with E-state index in [0.29, 0.717) is 9.86 Å². The van der Waals surface area contributed by atoms with Gasteiger partial charge in [-0.25, -0.2) is 0 Å². The molecule has 5 heteroatoms. The van der Waals surface area contributed by atoms with Crippen molar-refractivity contribution in [3.63, 3.8) is 0 Å². The zero-order chi connectivity index (χ0) is 14.3. The van der Waals surface area contributed by atoms with Gasteiger partial charge in [0.05, 0.1) is 7.11 Å². The fourth-order valence-corrected chi connectivity index (χ4v) is 2.41. The van der Waals surface area contributed by atoms with Crippen molar-refractivity contribution >= 4 is 34.8 Å². The molecule has 0 aliphatic carbocycles. The highest BCUT2D eigenvalue weighted by atomic mass is 32.2. The van der Waals surface area contributed by atoms with E-state index in [4.69, 9.17) is 17.0 Å². The van der Waals surface area contributed by atoms with Crippen molar-refractivity contribution in [2.45, 2.75) is 25.5 Å². The maximum Gasteiger partial charge on any atom is 0.170 e. The maximum absolute atomic E-state index is 5.24. The van der Waals surface area contributed by atoms with Gasteiger partial charge in [-0.15, -0.1) is 0 Å². The van der Waals surface area contributed by atoms with Gasteiger partial charge < -0.3 is 15.4 Å². The van der Waals surface area contributed by atoms with E-state index in [1.807, 2.05) is 36.0 Å². The molecule has 0 aliphatic rings. The molecule has 19 heavy (non-hydrogen) atoms. The predicted molar refractivity (Wildman–Crippen MR) is 89.4 cm³/mol. The molecule has 106 valence electrons. The lowest BCUT2D eigenvalue weighted by atomic mass is 10.3. The molecular weight excluding hydrogens is 276 g/mol. The highest BCUT2D eigenvalue weighted by molar-refractivity contribution is 8.00. The average molecular weight is 298 g/mol. The summed E-state index contributed by atoms with van der Waals surface area (Å²) in [6.45, 7) is 7.51. The summed E-state index contributed by atoms with van der Waals surface area (Å²) >= 11 is 7.16. The van der Waals surface area contributed by atoms with Crippen LogP contribution in [0.4, 0.5) is 5.69 Å². The summed E-state index contributed by atoms with van der Waals surface area (Å²) in [5.74, 6) is 1.87. The summed E-state index contributed by atoms with van der Waals surface area (Å²) in [7, 11) is 1.65. The Morgan fingerprint density at radius 3 is 2.42 bits per heavy atom. The second-order valence-electron chi connectivity index (χ2n) is 5.07. The van der Waals surface area contributed by atoms with Crippen molar-refractivity contribution in [2.24, 2.45) is 0 Å². The minimum atomic E-state index is 0.298. The Labute approximate surface area is 125 Å². The van der Waals surface area contributed by atoms with Crippen LogP contribution >= 0.6 is 24.0 Å². The topological polar surface area (TPSA) is 33.3 Å². The number of nitrogens with one attached hydrogen (secondary N) is 2. The van der Waals surface area contributed by atoms with Gasteiger partial charge in [0.2, 0.25) is 0 Å². The van der Waals surface area contributed by atoms with Crippen molar-refractivity contribution in [1.29, 1.82) is 0 Å². The van der Waals surface area contributed by atoms with Crippen LogP contribution in [0.15, 0.2) is 24.3 Å². The Bertz CT molecular complexity index is 399. The summed E-state index contributed by atoms with van der Waals surface area (Å²) in [6.07, 6.45) is 0. The first kappa shape index (κ1) is 16.1. The number of ether oxygens (including phenoxy) is 1. The van der Waals surface area contributed by atoms with Crippen molar-refractivity contribution in [2.75, 3.05) is 24.7 Å². The lowest BCUT2D eigenvalue weighted by molar-refractivity contribution is 0.415. The van der Waals surface area contributed by atoms with Crippen molar-refractivity contribution in [3.05, 3.63) is 24.3 Å². The molecule has 0 fully saturated rings. The molecule has 3 nitrogen and oxygen atoms in total. The number of rotatable bonds is 5. The molecule has 0 aromatic heterocycles. The normalized spacial score (nSPS) is 10.9. The van der Waals surface area contributed by atoms with E-state index in [9.17, 15) is 0 Å². The van der Waals surface area contributed by atoms with Gasteiger partial charge in [-0.3, -0.25) is 0 Å². The zero-order valence-electron chi connectivity index (χ0n) is 11.9. The molecule has 1 aromatic rings. The zero-order valence-corrected chi connectivity index (χ0v) is 13.6. The van der Waals surface area contributed by atoms with Crippen LogP contribution in [0.3, 0.4) is 0 Å². The van der Waals surface area contributed by atoms with Gasteiger partial charge in [0.25, 0.3) is 0 Å². The number of methoxy groups -OCH3 is 1. The molecule has 0 spiro atoms. The van der Waals surface area contributed by atoms with Crippen LogP contribution in [0.1, 0.15) is 20.8 Å². The number of anilines is 1. The molecule has 0 aliphatic heterocycles. The number of hydrogen-bond acceptors (Lipinski definition) is 3. The minimum absolute atomic E-state index is 0.298. The maximum atomic E-state index is 5.24. The predicted octanol–water partition coefficient (Wildman–Crippen LogP) is 3.51. The number of hydrogen-bond donors (Lipinski definition) is 2. The molecule has 0 saturated carbocycles. The molecule has 0 radical (unpaired) electrons. The SMILES string of the molecule is COc1ccc(NC(=S)NCCSC(C)(C)C)cc1. The summed E-state index contributed by atoms with van der Waals surface area (Å²) in [4.78, 5) is 0. The molecule has 0 saturated heterocycles. The Hall–Kier alpha value is -0.940. The van der Waals surface area contributed by atoms with Crippen LogP contribution in [0.25, 0.3) is 0 Å². The van der Waals surface area contributed by atoms with E-state index in [1.165, 1.54) is 0 Å². The minimum Gasteiger partial charge on any atom is -0.497 e. The van der Waals surface area contributed by atoms with Crippen LogP contribution in [0.2, 0.25) is 0 Å². The molecule has 1 aromatic carbocycles. The Balaban J connectivity index is 2.27. The molecule has 0 atom stereocenters. The van der Waals surface area contributed by atoms with Crippen molar-refractivity contribution in [3.8, 4) is 5.75 Å². The summed E-state index contributed by atoms with van der Waals surface area (Å²) in [6, 6.07) is 7.69. The molecular formula is C14H22N2OS2. The fraction of sp³-hybridized carbons (Fsp3) is 0.500. The monoisotopic (exact) mass is 298 g/mol. The molecule has 0 amide bonds. The summed E-state index contributed by atoms with van der Waals surface area (Å²) in [5.41, 5.74) is 0.960. The Morgan fingerprint density at radius 2 is 1.89 bits per heavy atom. The lowest BCUT2D eigenvalue weighted by Gasteiger charge is -2.18. The standard InChI is InChI=1S/C14H22N2OS2/c1-14(2,3)19-10-9-15-13(18)16-11-5-7-12(17-4)8-6-11/h5-8H,9-10H2,1-4H3,(H2,15,16,18). The first-order valence-electron chi connectivity index (χ1n) is 6.23. The van der Waals surface area contributed by atoms with Gasteiger partial charge in [-0.05, 0) is 36.5 Å². The molecule has 0 heterocycles. The van der Waals surface area contributed by atoms with Gasteiger partial charge >= 0.3 is 0 Å². The van der Waals surface area contributed by atoms with Gasteiger partial charge in [-0.1, -0.05) is 20.8 Å². The van der Waals surface area contributed by atoms with E-state index < -0.39 is 0 Å². The molecule has 1 rings (SSSR count). The molecule has 2 N–H and O–H groups in total. The smallest absolute Gasteiger partial charge is 0.170 e. The molecule has 0 bridgehead atoms. The van der Waals surface area contributed by atoms with Crippen LogP contribution in [-0.4, -0.2) is 29.3 Å². The summed E-state index contributed by atoms with van der Waals surface area (Å²) in [5, 5.41) is 7.00. The highest BCUT2D eigenvalue weighted by Crippen LogP contribution is 2.22. The number of thioether (sulfide) groups is 1. The van der Waals surface area contributed by atoms with Crippen molar-refractivity contribution in [1.82, 2.24) is 5.32 Å². The van der Waals surface area contributed by atoms with E-state index in [2.05, 4.69) is 31.4 Å². The van der Waals surface area contributed by atoms with E-state index >= 15 is 0 Å². The van der Waals surface area contributed by atoms with E-state index in [-0.39, 0.29) is 0 Å². The third-order valence-electron chi connectivity index (χ3n) is 2.27. The van der Waals surface area contributed by atoms with Gasteiger partial charge in [0, 0.05) is 22.7 Å². The second-order valence-corrected chi connectivity index (χ2v) is 7.40. The first-order valence-corrected chi connectivity index (χ1v) is 7.63. The van der Waals surface area contributed by atoms with Gasteiger partial charge in [0.1, 0.15) is 5.75 Å². The van der Waals surface area contributed by atoms with Crippen LogP contribution in [0.5, 0.6) is 5.75 Å². The fourth-order valence-electron chi connectivity index (χ4n) is 1.37. The first-order chi connectivity index (χ1) is 8.90. The van der Waals surface area contributed by atoms with E-state index in [1.54, 1.807) is 7.11 Å². The lowest BCUT2D eigenvalue weighted by Crippen LogP contribution is -2.30. The Kier molecular flexibility index (Phi) is 6.45. The Morgan fingerprint density at radius 1 is 1.26 bits per heavy atom. The largest absolute Gasteiger partial charge is 0.497 e. The van der Waals surface area contributed by atoms with Crippen molar-refractivity contribution < 1.29 is 4.74 Å². The van der Waals surface area contributed by atoms with Crippen LogP contribution < -0.4 is 15.4 Å². The third kappa shape index (κ3) is 7.28. The third-order valence-corrected chi connectivity index (χ3v) is 3.79. The average Bonchev–Trinajstić information content (AvgIpc) is 2.34. The van der Waals surface area contributed by atoms with Crippen LogP contribution in [0, 0.1) is 0 Å².